The number of amides is 1. The molecule has 1 aromatic carbocycles. The first-order chi connectivity index (χ1) is 13.3. The van der Waals surface area contributed by atoms with Crippen LogP contribution in [-0.2, 0) is 5.75 Å². The van der Waals surface area contributed by atoms with Gasteiger partial charge >= 0.3 is 0 Å². The summed E-state index contributed by atoms with van der Waals surface area (Å²) in [6.45, 7) is 2.89. The number of furan rings is 1. The van der Waals surface area contributed by atoms with Gasteiger partial charge in [0.2, 0.25) is 0 Å². The summed E-state index contributed by atoms with van der Waals surface area (Å²) in [6.07, 6.45) is 3.41. The zero-order chi connectivity index (χ0) is 18.5. The minimum absolute atomic E-state index is 0.0238. The van der Waals surface area contributed by atoms with Gasteiger partial charge in [-0.2, -0.15) is 0 Å². The van der Waals surface area contributed by atoms with Crippen molar-refractivity contribution >= 4 is 23.5 Å². The topological polar surface area (TPSA) is 49.6 Å². The number of nitrogens with zero attached hydrogens (tertiary/aromatic N) is 3. The monoisotopic (exact) mass is 379 g/mol. The molecule has 1 fully saturated rings. The summed E-state index contributed by atoms with van der Waals surface area (Å²) in [5.74, 6) is 2.12. The van der Waals surface area contributed by atoms with E-state index in [2.05, 4.69) is 22.0 Å². The molecule has 0 radical (unpaired) electrons. The molecule has 0 N–H and O–H groups in total. The number of anilines is 1. The van der Waals surface area contributed by atoms with Crippen LogP contribution in [0.4, 0.5) is 5.82 Å². The van der Waals surface area contributed by atoms with E-state index in [4.69, 9.17) is 4.42 Å². The van der Waals surface area contributed by atoms with Crippen molar-refractivity contribution in [2.45, 2.75) is 10.6 Å². The second-order valence-electron chi connectivity index (χ2n) is 6.34. The number of pyridine rings is 1. The molecule has 1 saturated heterocycles. The van der Waals surface area contributed by atoms with Gasteiger partial charge in [-0.15, -0.1) is 11.8 Å². The molecule has 0 saturated carbocycles. The Balaban J connectivity index is 1.37. The number of aromatic nitrogens is 1. The van der Waals surface area contributed by atoms with Crippen LogP contribution in [0.3, 0.4) is 0 Å². The molecule has 0 aliphatic carbocycles. The molecule has 138 valence electrons. The predicted octanol–water partition coefficient (Wildman–Crippen LogP) is 3.93. The van der Waals surface area contributed by atoms with Gasteiger partial charge in [0.15, 0.2) is 5.76 Å². The average molecular weight is 379 g/mol. The Morgan fingerprint density at radius 3 is 2.52 bits per heavy atom. The molecule has 2 aromatic heterocycles. The Kier molecular flexibility index (Phi) is 5.44. The first-order valence-electron chi connectivity index (χ1n) is 9.01. The van der Waals surface area contributed by atoms with Gasteiger partial charge in [0.1, 0.15) is 5.82 Å². The highest BCUT2D eigenvalue weighted by atomic mass is 32.2. The van der Waals surface area contributed by atoms with Crippen LogP contribution in [0.5, 0.6) is 0 Å². The standard InChI is InChI=1S/C21H21N3O2S/c25-21(24-13-11-23(12-14-24)19-8-4-5-10-22-19)20-17(9-15-26-20)16-27-18-6-2-1-3-7-18/h1-10,15H,11-14,16H2. The number of carbonyl (C=O) groups is 1. The van der Waals surface area contributed by atoms with Crippen molar-refractivity contribution in [3.8, 4) is 0 Å². The number of thioether (sulfide) groups is 1. The van der Waals surface area contributed by atoms with E-state index in [1.165, 1.54) is 4.90 Å². The maximum Gasteiger partial charge on any atom is 0.289 e. The van der Waals surface area contributed by atoms with Gasteiger partial charge < -0.3 is 14.2 Å². The van der Waals surface area contributed by atoms with Crippen molar-refractivity contribution in [3.63, 3.8) is 0 Å². The van der Waals surface area contributed by atoms with Gasteiger partial charge in [0, 0.05) is 48.6 Å². The van der Waals surface area contributed by atoms with Crippen molar-refractivity contribution in [2.24, 2.45) is 0 Å². The van der Waals surface area contributed by atoms with Crippen molar-refractivity contribution in [2.75, 3.05) is 31.1 Å². The molecule has 5 nitrogen and oxygen atoms in total. The van der Waals surface area contributed by atoms with Crippen LogP contribution in [0.25, 0.3) is 0 Å². The molecule has 6 heteroatoms. The van der Waals surface area contributed by atoms with Crippen LogP contribution < -0.4 is 4.90 Å². The van der Waals surface area contributed by atoms with Crippen LogP contribution in [0.1, 0.15) is 16.1 Å². The smallest absolute Gasteiger partial charge is 0.289 e. The van der Waals surface area contributed by atoms with Gasteiger partial charge in [-0.3, -0.25) is 4.79 Å². The lowest BCUT2D eigenvalue weighted by Crippen LogP contribution is -2.49. The van der Waals surface area contributed by atoms with E-state index < -0.39 is 0 Å². The van der Waals surface area contributed by atoms with E-state index >= 15 is 0 Å². The molecule has 0 spiro atoms. The van der Waals surface area contributed by atoms with Crippen molar-refractivity contribution in [1.82, 2.24) is 9.88 Å². The Bertz CT molecular complexity index is 875. The largest absolute Gasteiger partial charge is 0.459 e. The summed E-state index contributed by atoms with van der Waals surface area (Å²) in [5, 5.41) is 0. The quantitative estimate of drug-likeness (QED) is 0.629. The number of piperazine rings is 1. The highest BCUT2D eigenvalue weighted by Crippen LogP contribution is 2.26. The van der Waals surface area contributed by atoms with Crippen LogP contribution in [0.2, 0.25) is 0 Å². The number of hydrogen-bond acceptors (Lipinski definition) is 5. The summed E-state index contributed by atoms with van der Waals surface area (Å²) < 4.78 is 5.55. The summed E-state index contributed by atoms with van der Waals surface area (Å²) in [6, 6.07) is 18.0. The lowest BCUT2D eigenvalue weighted by atomic mass is 10.2. The van der Waals surface area contributed by atoms with Crippen LogP contribution in [0.15, 0.2) is 76.4 Å². The number of hydrogen-bond donors (Lipinski definition) is 0. The van der Waals surface area contributed by atoms with Crippen molar-refractivity contribution in [1.29, 1.82) is 0 Å². The molecule has 0 bridgehead atoms. The predicted molar refractivity (Wildman–Crippen MR) is 107 cm³/mol. The van der Waals surface area contributed by atoms with E-state index in [-0.39, 0.29) is 5.91 Å². The normalized spacial score (nSPS) is 14.4. The molecule has 0 atom stereocenters. The first kappa shape index (κ1) is 17.7. The Morgan fingerprint density at radius 2 is 1.78 bits per heavy atom. The van der Waals surface area contributed by atoms with Crippen LogP contribution in [-0.4, -0.2) is 42.0 Å². The molecule has 3 heterocycles. The molecular weight excluding hydrogens is 358 g/mol. The Morgan fingerprint density at radius 1 is 1.00 bits per heavy atom. The molecule has 27 heavy (non-hydrogen) atoms. The molecule has 0 unspecified atom stereocenters. The molecule has 3 aromatic rings. The van der Waals surface area contributed by atoms with Crippen molar-refractivity contribution < 1.29 is 9.21 Å². The van der Waals surface area contributed by atoms with Crippen LogP contribution >= 0.6 is 11.8 Å². The Hall–Kier alpha value is -2.73. The molecule has 1 amide bonds. The minimum Gasteiger partial charge on any atom is -0.459 e. The van der Waals surface area contributed by atoms with E-state index in [9.17, 15) is 4.79 Å². The fourth-order valence-corrected chi connectivity index (χ4v) is 4.04. The van der Waals surface area contributed by atoms with Gasteiger partial charge in [0.25, 0.3) is 5.91 Å². The second-order valence-corrected chi connectivity index (χ2v) is 7.39. The number of carbonyl (C=O) groups excluding carboxylic acids is 1. The summed E-state index contributed by atoms with van der Waals surface area (Å²) in [5.41, 5.74) is 0.945. The zero-order valence-corrected chi connectivity index (χ0v) is 15.8. The van der Waals surface area contributed by atoms with E-state index in [1.54, 1.807) is 24.2 Å². The van der Waals surface area contributed by atoms with Gasteiger partial charge in [0.05, 0.1) is 6.26 Å². The fourth-order valence-electron chi connectivity index (χ4n) is 3.14. The second kappa shape index (κ2) is 8.31. The van der Waals surface area contributed by atoms with E-state index in [0.29, 0.717) is 18.8 Å². The Labute approximate surface area is 163 Å². The van der Waals surface area contributed by atoms with Gasteiger partial charge in [-0.1, -0.05) is 24.3 Å². The molecule has 1 aliphatic heterocycles. The molecular formula is C21H21N3O2S. The third-order valence-electron chi connectivity index (χ3n) is 4.62. The molecule has 1 aliphatic rings. The highest BCUT2D eigenvalue weighted by molar-refractivity contribution is 7.98. The summed E-state index contributed by atoms with van der Waals surface area (Å²) in [7, 11) is 0. The SMILES string of the molecule is O=C(c1occc1CSc1ccccc1)N1CCN(c2ccccn2)CC1. The fraction of sp³-hybridized carbons (Fsp3) is 0.238. The van der Waals surface area contributed by atoms with E-state index in [0.717, 1.165) is 30.2 Å². The van der Waals surface area contributed by atoms with Gasteiger partial charge in [-0.25, -0.2) is 4.98 Å². The highest BCUT2D eigenvalue weighted by Gasteiger charge is 2.26. The molecule has 4 rings (SSSR count). The lowest BCUT2D eigenvalue weighted by Gasteiger charge is -2.35. The summed E-state index contributed by atoms with van der Waals surface area (Å²) >= 11 is 1.71. The maximum atomic E-state index is 12.9. The third-order valence-corrected chi connectivity index (χ3v) is 5.68. The van der Waals surface area contributed by atoms with Gasteiger partial charge in [-0.05, 0) is 30.3 Å². The van der Waals surface area contributed by atoms with E-state index in [1.807, 2.05) is 47.4 Å². The number of rotatable bonds is 5. The third kappa shape index (κ3) is 4.17. The van der Waals surface area contributed by atoms with Crippen LogP contribution in [0, 0.1) is 0 Å². The minimum atomic E-state index is -0.0238. The number of benzene rings is 1. The lowest BCUT2D eigenvalue weighted by molar-refractivity contribution is 0.0713. The maximum absolute atomic E-state index is 12.9. The summed E-state index contributed by atoms with van der Waals surface area (Å²) in [4.78, 5) is 22.6. The first-order valence-corrected chi connectivity index (χ1v) is 9.99. The average Bonchev–Trinajstić information content (AvgIpc) is 3.22. The zero-order valence-electron chi connectivity index (χ0n) is 15.0. The van der Waals surface area contributed by atoms with Crippen molar-refractivity contribution in [3.05, 3.63) is 78.4 Å².